The molecule has 0 spiro atoms. The van der Waals surface area contributed by atoms with Crippen LogP contribution in [0.3, 0.4) is 0 Å². The maximum Gasteiger partial charge on any atom is 0.339 e. The van der Waals surface area contributed by atoms with Crippen molar-refractivity contribution in [3.63, 3.8) is 0 Å². The second-order valence-electron chi connectivity index (χ2n) is 7.11. The largest absolute Gasteiger partial charge is 0.494 e. The van der Waals surface area contributed by atoms with E-state index in [0.717, 1.165) is 27.5 Å². The van der Waals surface area contributed by atoms with Crippen molar-refractivity contribution in [2.24, 2.45) is 0 Å². The fraction of sp³-hybridized carbons (Fsp3) is 0.208. The number of aromatic nitrogens is 3. The number of ether oxygens (including phenoxy) is 2. The van der Waals surface area contributed by atoms with E-state index in [1.807, 2.05) is 59.5 Å². The van der Waals surface area contributed by atoms with Gasteiger partial charge in [-0.2, -0.15) is 5.10 Å². The van der Waals surface area contributed by atoms with Crippen LogP contribution in [0, 0.1) is 6.92 Å². The summed E-state index contributed by atoms with van der Waals surface area (Å²) < 4.78 is 12.4. The summed E-state index contributed by atoms with van der Waals surface area (Å²) in [6.07, 6.45) is 2.49. The summed E-state index contributed by atoms with van der Waals surface area (Å²) in [7, 11) is 3.01. The smallest absolute Gasteiger partial charge is 0.339 e. The van der Waals surface area contributed by atoms with Gasteiger partial charge in [0.2, 0.25) is 0 Å². The molecule has 0 atom stereocenters. The quantitative estimate of drug-likeness (QED) is 0.381. The minimum absolute atomic E-state index is 0.411. The van der Waals surface area contributed by atoms with E-state index in [9.17, 15) is 4.79 Å². The zero-order valence-corrected chi connectivity index (χ0v) is 19.2. The predicted octanol–water partition coefficient (Wildman–Crippen LogP) is 5.41. The van der Waals surface area contributed by atoms with Crippen molar-refractivity contribution in [2.75, 3.05) is 19.5 Å². The number of nitrogens with one attached hydrogen (secondary N) is 1. The fourth-order valence-electron chi connectivity index (χ4n) is 3.55. The molecular weight excluding hydrogens is 424 g/mol. The first kappa shape index (κ1) is 21.6. The molecule has 4 rings (SSSR count). The Kier molecular flexibility index (Phi) is 6.23. The van der Waals surface area contributed by atoms with E-state index in [1.165, 1.54) is 18.4 Å². The third-order valence-electron chi connectivity index (χ3n) is 5.09. The van der Waals surface area contributed by atoms with E-state index in [-0.39, 0.29) is 0 Å². The van der Waals surface area contributed by atoms with E-state index in [0.29, 0.717) is 29.2 Å². The molecule has 2 aromatic heterocycles. The number of benzene rings is 2. The molecule has 0 aliphatic rings. The van der Waals surface area contributed by atoms with Crippen LogP contribution >= 0.6 is 11.3 Å². The number of rotatable bonds is 7. The van der Waals surface area contributed by atoms with Crippen LogP contribution in [-0.2, 0) is 11.2 Å². The van der Waals surface area contributed by atoms with Crippen molar-refractivity contribution in [3.05, 3.63) is 70.9 Å². The number of anilines is 2. The number of carbonyl (C=O) groups excluding carboxylic acids is 1. The summed E-state index contributed by atoms with van der Waals surface area (Å²) >= 11 is 1.54. The molecule has 0 unspecified atom stereocenters. The molecule has 0 aliphatic carbocycles. The highest BCUT2D eigenvalue weighted by Gasteiger charge is 2.24. The second-order valence-corrected chi connectivity index (χ2v) is 8.00. The molecule has 2 heterocycles. The highest BCUT2D eigenvalue weighted by atomic mass is 32.1. The van der Waals surface area contributed by atoms with Crippen molar-refractivity contribution < 1.29 is 14.3 Å². The molecule has 8 heteroatoms. The van der Waals surface area contributed by atoms with E-state index in [2.05, 4.69) is 17.2 Å². The second kappa shape index (κ2) is 9.23. The molecule has 1 N–H and O–H groups in total. The predicted molar refractivity (Wildman–Crippen MR) is 126 cm³/mol. The first-order valence-electron chi connectivity index (χ1n) is 10.2. The molecule has 32 heavy (non-hydrogen) atoms. The SMILES string of the molecule is CCc1nn(-c2ccccc2OC)c(Nc2ccc(C)cc2C(=O)OC)c1-c1nccs1. The number of thiazole rings is 1. The number of aryl methyl sites for hydroxylation is 2. The Labute approximate surface area is 190 Å². The van der Waals surface area contributed by atoms with Crippen LogP contribution in [0.2, 0.25) is 0 Å². The molecule has 164 valence electrons. The molecule has 4 aromatic rings. The zero-order chi connectivity index (χ0) is 22.7. The Morgan fingerprint density at radius 3 is 2.69 bits per heavy atom. The van der Waals surface area contributed by atoms with Gasteiger partial charge >= 0.3 is 5.97 Å². The van der Waals surface area contributed by atoms with Crippen molar-refractivity contribution in [1.82, 2.24) is 14.8 Å². The normalized spacial score (nSPS) is 10.8. The summed E-state index contributed by atoms with van der Waals surface area (Å²) in [6.45, 7) is 3.99. The van der Waals surface area contributed by atoms with Gasteiger partial charge < -0.3 is 14.8 Å². The van der Waals surface area contributed by atoms with Crippen LogP contribution in [-0.4, -0.2) is 35.0 Å². The summed E-state index contributed by atoms with van der Waals surface area (Å²) in [5.41, 5.74) is 4.59. The molecule has 0 saturated carbocycles. The fourth-order valence-corrected chi connectivity index (χ4v) is 4.26. The molecular formula is C24H24N4O3S. The molecule has 0 amide bonds. The van der Waals surface area contributed by atoms with Gasteiger partial charge in [0.15, 0.2) is 0 Å². The number of para-hydroxylation sites is 2. The molecule has 0 saturated heterocycles. The lowest BCUT2D eigenvalue weighted by Crippen LogP contribution is -2.09. The molecule has 7 nitrogen and oxygen atoms in total. The third-order valence-corrected chi connectivity index (χ3v) is 5.88. The number of carbonyl (C=O) groups is 1. The average Bonchev–Trinajstić information content (AvgIpc) is 3.47. The van der Waals surface area contributed by atoms with Gasteiger partial charge in [-0.1, -0.05) is 30.7 Å². The molecule has 0 radical (unpaired) electrons. The van der Waals surface area contributed by atoms with Gasteiger partial charge in [-0.15, -0.1) is 11.3 Å². The number of nitrogens with zero attached hydrogens (tertiary/aromatic N) is 3. The summed E-state index contributed by atoms with van der Waals surface area (Å²) in [4.78, 5) is 17.0. The van der Waals surface area contributed by atoms with Gasteiger partial charge in [-0.25, -0.2) is 14.5 Å². The van der Waals surface area contributed by atoms with Gasteiger partial charge in [0.25, 0.3) is 0 Å². The van der Waals surface area contributed by atoms with Crippen LogP contribution in [0.1, 0.15) is 28.5 Å². The van der Waals surface area contributed by atoms with Crippen molar-refractivity contribution in [1.29, 1.82) is 0 Å². The topological polar surface area (TPSA) is 78.3 Å². The van der Waals surface area contributed by atoms with Gasteiger partial charge in [-0.05, 0) is 37.6 Å². The lowest BCUT2D eigenvalue weighted by atomic mass is 10.1. The number of hydrogen-bond acceptors (Lipinski definition) is 7. The number of methoxy groups -OCH3 is 2. The van der Waals surface area contributed by atoms with E-state index >= 15 is 0 Å². The molecule has 0 bridgehead atoms. The van der Waals surface area contributed by atoms with Gasteiger partial charge in [0, 0.05) is 11.6 Å². The lowest BCUT2D eigenvalue weighted by molar-refractivity contribution is 0.0602. The highest BCUT2D eigenvalue weighted by Crippen LogP contribution is 2.39. The summed E-state index contributed by atoms with van der Waals surface area (Å²) in [5, 5.41) is 11.1. The maximum atomic E-state index is 12.5. The van der Waals surface area contributed by atoms with E-state index < -0.39 is 5.97 Å². The van der Waals surface area contributed by atoms with Crippen molar-refractivity contribution in [3.8, 4) is 22.0 Å². The van der Waals surface area contributed by atoms with Crippen LogP contribution in [0.15, 0.2) is 54.0 Å². The Morgan fingerprint density at radius 1 is 1.19 bits per heavy atom. The Morgan fingerprint density at radius 2 is 2.00 bits per heavy atom. The van der Waals surface area contributed by atoms with Crippen LogP contribution in [0.25, 0.3) is 16.3 Å². The van der Waals surface area contributed by atoms with Crippen LogP contribution in [0.4, 0.5) is 11.5 Å². The van der Waals surface area contributed by atoms with Crippen molar-refractivity contribution >= 4 is 28.8 Å². The first-order chi connectivity index (χ1) is 15.6. The number of esters is 1. The van der Waals surface area contributed by atoms with E-state index in [4.69, 9.17) is 14.6 Å². The Balaban J connectivity index is 1.97. The lowest BCUT2D eigenvalue weighted by Gasteiger charge is -2.16. The molecule has 2 aromatic carbocycles. The van der Waals surface area contributed by atoms with Crippen LogP contribution in [0.5, 0.6) is 5.75 Å². The number of hydrogen-bond donors (Lipinski definition) is 1. The van der Waals surface area contributed by atoms with Gasteiger partial charge in [-0.3, -0.25) is 0 Å². The highest BCUT2D eigenvalue weighted by molar-refractivity contribution is 7.13. The Hall–Kier alpha value is -3.65. The zero-order valence-electron chi connectivity index (χ0n) is 18.4. The maximum absolute atomic E-state index is 12.5. The van der Waals surface area contributed by atoms with Gasteiger partial charge in [0.1, 0.15) is 22.3 Å². The average molecular weight is 449 g/mol. The minimum Gasteiger partial charge on any atom is -0.494 e. The van der Waals surface area contributed by atoms with Crippen LogP contribution < -0.4 is 10.1 Å². The molecule has 0 fully saturated rings. The van der Waals surface area contributed by atoms with Gasteiger partial charge in [0.05, 0.1) is 36.7 Å². The Bertz CT molecular complexity index is 1250. The first-order valence-corrected chi connectivity index (χ1v) is 11.1. The summed E-state index contributed by atoms with van der Waals surface area (Å²) in [5.74, 6) is 0.977. The van der Waals surface area contributed by atoms with Crippen molar-refractivity contribution in [2.45, 2.75) is 20.3 Å². The monoisotopic (exact) mass is 448 g/mol. The standard InChI is InChI=1S/C24H24N4O3S/c1-5-17-21(23-25-12-13-32-23)22(28(27-17)19-8-6-7-9-20(19)30-3)26-18-11-10-15(2)14-16(18)24(29)31-4/h6-14,26H,5H2,1-4H3. The molecule has 0 aliphatic heterocycles. The summed E-state index contributed by atoms with van der Waals surface area (Å²) in [6, 6.07) is 13.3. The van der Waals surface area contributed by atoms with E-state index in [1.54, 1.807) is 13.3 Å². The third kappa shape index (κ3) is 3.97. The minimum atomic E-state index is -0.411.